The van der Waals surface area contributed by atoms with Gasteiger partial charge in [-0.3, -0.25) is 48.1 Å². The zero-order valence-corrected chi connectivity index (χ0v) is 30.7. The zero-order valence-electron chi connectivity index (χ0n) is 29.9. The minimum Gasteiger partial charge on any atom is -0.353 e. The van der Waals surface area contributed by atoms with Crippen molar-refractivity contribution in [1.29, 1.82) is 0 Å². The Morgan fingerprint density at radius 2 is 1.11 bits per heavy atom. The number of carbonyl (C=O) groups excluding carboxylic acids is 9. The molecule has 0 aliphatic carbocycles. The van der Waals surface area contributed by atoms with E-state index in [0.29, 0.717) is 17.8 Å². The molecule has 2 saturated heterocycles. The molecule has 3 aliphatic heterocycles. The smallest absolute Gasteiger partial charge is 0.312 e. The third kappa shape index (κ3) is 11.8. The van der Waals surface area contributed by atoms with Crippen molar-refractivity contribution < 1.29 is 43.2 Å². The minimum atomic E-state index is -0.696. The SMILES string of the molecule is CCNC(=O)c1ccc(NC(=S)NCC(=O)N2CCN(C(=O)C(=O)N3CCN(C(=O)CNC(=O)CNC(=O)CCCN4C(=O)C=CC4=O)CC3)CC2)cc1. The van der Waals surface area contributed by atoms with Gasteiger partial charge < -0.3 is 46.2 Å². The number of hydrogen-bond acceptors (Lipinski definition) is 10. The normalized spacial score (nSPS) is 15.5. The van der Waals surface area contributed by atoms with Gasteiger partial charge in [0.2, 0.25) is 23.6 Å². The molecule has 4 rings (SSSR count). The molecule has 20 heteroatoms. The number of thiocarbonyl (C=S) groups is 1. The highest BCUT2D eigenvalue weighted by Crippen LogP contribution is 2.11. The van der Waals surface area contributed by atoms with Crippen LogP contribution in [-0.4, -0.2) is 168 Å². The summed E-state index contributed by atoms with van der Waals surface area (Å²) in [6, 6.07) is 6.71. The molecule has 0 unspecified atom stereocenters. The average Bonchev–Trinajstić information content (AvgIpc) is 3.50. The van der Waals surface area contributed by atoms with Gasteiger partial charge in [0.25, 0.3) is 17.7 Å². The summed E-state index contributed by atoms with van der Waals surface area (Å²) >= 11 is 5.28. The van der Waals surface area contributed by atoms with Crippen molar-refractivity contribution in [2.75, 3.05) is 90.4 Å². The van der Waals surface area contributed by atoms with Crippen molar-refractivity contribution in [3.8, 4) is 0 Å². The van der Waals surface area contributed by atoms with Crippen molar-refractivity contribution in [3.63, 3.8) is 0 Å². The third-order valence-corrected chi connectivity index (χ3v) is 8.98. The Bertz CT molecular complexity index is 1650. The number of amides is 9. The fraction of sp³-hybridized carbons (Fsp3) is 0.471. The molecule has 0 saturated carbocycles. The first-order chi connectivity index (χ1) is 25.9. The lowest BCUT2D eigenvalue weighted by Crippen LogP contribution is -2.58. The van der Waals surface area contributed by atoms with Gasteiger partial charge in [0.1, 0.15) is 0 Å². The number of nitrogens with one attached hydrogen (secondary N) is 5. The predicted molar refractivity (Wildman–Crippen MR) is 196 cm³/mol. The average molecular weight is 769 g/mol. The summed E-state index contributed by atoms with van der Waals surface area (Å²) in [4.78, 5) is 117. The maximum atomic E-state index is 13.0. The van der Waals surface area contributed by atoms with Crippen LogP contribution < -0.4 is 26.6 Å². The van der Waals surface area contributed by atoms with Crippen LogP contribution in [0, 0.1) is 0 Å². The van der Waals surface area contributed by atoms with Crippen LogP contribution >= 0.6 is 12.2 Å². The van der Waals surface area contributed by atoms with Crippen LogP contribution in [0.4, 0.5) is 5.69 Å². The number of imide groups is 1. The van der Waals surface area contributed by atoms with Gasteiger partial charge in [0.05, 0.1) is 19.6 Å². The molecule has 0 radical (unpaired) electrons. The topological polar surface area (TPSA) is 230 Å². The van der Waals surface area contributed by atoms with Crippen molar-refractivity contribution in [2.24, 2.45) is 0 Å². The number of anilines is 1. The highest BCUT2D eigenvalue weighted by atomic mass is 32.1. The summed E-state index contributed by atoms with van der Waals surface area (Å²) in [5.74, 6) is -4.08. The first kappa shape index (κ1) is 40.8. The van der Waals surface area contributed by atoms with Crippen LogP contribution in [0.25, 0.3) is 0 Å². The summed E-state index contributed by atoms with van der Waals surface area (Å²) in [5.41, 5.74) is 1.15. The lowest BCUT2D eigenvalue weighted by molar-refractivity contribution is -0.155. The summed E-state index contributed by atoms with van der Waals surface area (Å²) in [6.07, 6.45) is 2.55. The number of benzene rings is 1. The van der Waals surface area contributed by atoms with E-state index in [2.05, 4.69) is 26.6 Å². The molecule has 0 bridgehead atoms. The van der Waals surface area contributed by atoms with Gasteiger partial charge in [-0.1, -0.05) is 0 Å². The second kappa shape index (κ2) is 19.8. The second-order valence-electron chi connectivity index (χ2n) is 12.4. The van der Waals surface area contributed by atoms with Crippen LogP contribution in [0.15, 0.2) is 36.4 Å². The number of nitrogens with zero attached hydrogens (tertiary/aromatic N) is 5. The summed E-state index contributed by atoms with van der Waals surface area (Å²) in [7, 11) is 0. The van der Waals surface area contributed by atoms with Gasteiger partial charge in [0.15, 0.2) is 5.11 Å². The van der Waals surface area contributed by atoms with Gasteiger partial charge >= 0.3 is 11.8 Å². The molecular formula is C34H44N10O9S. The second-order valence-corrected chi connectivity index (χ2v) is 12.8. The highest BCUT2D eigenvalue weighted by Gasteiger charge is 2.33. The molecule has 54 heavy (non-hydrogen) atoms. The Hall–Kier alpha value is -5.92. The lowest BCUT2D eigenvalue weighted by atomic mass is 10.2. The van der Waals surface area contributed by atoms with E-state index in [1.807, 2.05) is 6.92 Å². The number of hydrogen-bond donors (Lipinski definition) is 5. The van der Waals surface area contributed by atoms with Crippen LogP contribution in [-0.2, 0) is 38.4 Å². The van der Waals surface area contributed by atoms with E-state index in [9.17, 15) is 43.2 Å². The first-order valence-electron chi connectivity index (χ1n) is 17.5. The molecule has 3 heterocycles. The molecule has 19 nitrogen and oxygen atoms in total. The lowest BCUT2D eigenvalue weighted by Gasteiger charge is -2.37. The van der Waals surface area contributed by atoms with E-state index in [1.54, 1.807) is 29.2 Å². The van der Waals surface area contributed by atoms with E-state index in [4.69, 9.17) is 12.2 Å². The van der Waals surface area contributed by atoms with Crippen LogP contribution in [0.5, 0.6) is 0 Å². The van der Waals surface area contributed by atoms with Crippen LogP contribution in [0.1, 0.15) is 30.1 Å². The van der Waals surface area contributed by atoms with E-state index >= 15 is 0 Å². The summed E-state index contributed by atoms with van der Waals surface area (Å²) < 4.78 is 0. The number of piperazine rings is 2. The Balaban J connectivity index is 1.06. The van der Waals surface area contributed by atoms with E-state index in [1.165, 1.54) is 14.7 Å². The van der Waals surface area contributed by atoms with E-state index < -0.39 is 35.4 Å². The molecule has 1 aromatic carbocycles. The maximum absolute atomic E-state index is 13.0. The maximum Gasteiger partial charge on any atom is 0.312 e. The molecule has 5 N–H and O–H groups in total. The van der Waals surface area contributed by atoms with Gasteiger partial charge in [-0.05, 0) is 49.8 Å². The fourth-order valence-corrected chi connectivity index (χ4v) is 5.85. The monoisotopic (exact) mass is 768 g/mol. The standard InChI is InChI=1S/C34H44N10O9S/c1-2-35-31(51)23-5-7-24(8-6-23)39-34(54)38-22-30(50)41-14-18-43(19-15-41)33(53)32(52)42-16-12-40(13-17-42)29(49)21-37-26(46)20-36-25(45)4-3-11-44-27(47)9-10-28(44)48/h5-10H,2-4,11-22H2,1H3,(H,35,51)(H,36,45)(H,37,46)(H2,38,39,54). The van der Waals surface area contributed by atoms with Gasteiger partial charge in [0, 0.05) is 95.3 Å². The molecule has 0 atom stereocenters. The van der Waals surface area contributed by atoms with Crippen LogP contribution in [0.2, 0.25) is 0 Å². The molecule has 1 aromatic rings. The van der Waals surface area contributed by atoms with Crippen LogP contribution in [0.3, 0.4) is 0 Å². The van der Waals surface area contributed by atoms with Crippen molar-refractivity contribution in [3.05, 3.63) is 42.0 Å². The molecule has 0 aromatic heterocycles. The molecule has 0 spiro atoms. The largest absolute Gasteiger partial charge is 0.353 e. The Labute approximate surface area is 316 Å². The van der Waals surface area contributed by atoms with Crippen molar-refractivity contribution >= 4 is 76.2 Å². The van der Waals surface area contributed by atoms with Crippen molar-refractivity contribution in [1.82, 2.24) is 45.8 Å². The fourth-order valence-electron chi connectivity index (χ4n) is 5.66. The van der Waals surface area contributed by atoms with Gasteiger partial charge in [-0.15, -0.1) is 0 Å². The predicted octanol–water partition coefficient (Wildman–Crippen LogP) is -3.00. The number of rotatable bonds is 13. The number of carbonyl (C=O) groups is 9. The third-order valence-electron chi connectivity index (χ3n) is 8.73. The quantitative estimate of drug-likeness (QED) is 0.0769. The van der Waals surface area contributed by atoms with Gasteiger partial charge in [-0.25, -0.2) is 0 Å². The minimum absolute atomic E-state index is 0.00215. The van der Waals surface area contributed by atoms with Gasteiger partial charge in [-0.2, -0.15) is 0 Å². The Kier molecular flexibility index (Phi) is 15.0. The van der Waals surface area contributed by atoms with E-state index in [0.717, 1.165) is 17.1 Å². The Morgan fingerprint density at radius 1 is 0.630 bits per heavy atom. The highest BCUT2D eigenvalue weighted by molar-refractivity contribution is 7.80. The van der Waals surface area contributed by atoms with E-state index in [-0.39, 0.29) is 114 Å². The molecule has 3 aliphatic rings. The molecule has 2 fully saturated rings. The zero-order chi connectivity index (χ0) is 39.2. The molecule has 9 amide bonds. The van der Waals surface area contributed by atoms with Crippen molar-refractivity contribution in [2.45, 2.75) is 19.8 Å². The Morgan fingerprint density at radius 3 is 1.63 bits per heavy atom. The summed E-state index contributed by atoms with van der Waals surface area (Å²) in [5, 5.41) is 13.6. The summed E-state index contributed by atoms with van der Waals surface area (Å²) in [6.45, 7) is 3.08. The first-order valence-corrected chi connectivity index (χ1v) is 17.9. The molecule has 290 valence electrons. The molecular weight excluding hydrogens is 725 g/mol.